The molecule has 1 N–H and O–H groups in total. The van der Waals surface area contributed by atoms with Crippen molar-refractivity contribution in [2.45, 2.75) is 45.2 Å². The maximum absolute atomic E-state index is 12.2. The lowest BCUT2D eigenvalue weighted by atomic mass is 9.97. The van der Waals surface area contributed by atoms with Crippen LogP contribution in [-0.4, -0.2) is 60.4 Å². The van der Waals surface area contributed by atoms with Crippen LogP contribution in [0.2, 0.25) is 0 Å². The number of nitrogens with one attached hydrogen (secondary N) is 1. The van der Waals surface area contributed by atoms with E-state index in [0.717, 1.165) is 19.6 Å². The molecule has 2 aliphatic rings. The molecule has 2 unspecified atom stereocenters. The zero-order valence-corrected chi connectivity index (χ0v) is 12.2. The monoisotopic (exact) mass is 267 g/mol. The maximum atomic E-state index is 12.2. The number of hydrogen-bond acceptors (Lipinski definition) is 4. The fourth-order valence-corrected chi connectivity index (χ4v) is 3.07. The number of likely N-dealkylation sites (N-methyl/N-ethyl adjacent to an activating group) is 1. The van der Waals surface area contributed by atoms with E-state index >= 15 is 0 Å². The second-order valence-corrected chi connectivity index (χ2v) is 6.01. The Hall–Kier alpha value is -0.940. The quantitative estimate of drug-likeness (QED) is 0.752. The number of carbonyl (C=O) groups is 2. The number of imide groups is 1. The van der Waals surface area contributed by atoms with Crippen molar-refractivity contribution >= 4 is 11.8 Å². The highest BCUT2D eigenvalue weighted by atomic mass is 16.2. The van der Waals surface area contributed by atoms with Gasteiger partial charge in [0, 0.05) is 19.6 Å². The number of carbonyl (C=O) groups excluding carboxylic acids is 2. The third-order valence-corrected chi connectivity index (χ3v) is 4.29. The normalized spacial score (nSPS) is 28.8. The summed E-state index contributed by atoms with van der Waals surface area (Å²) in [5.41, 5.74) is 0. The van der Waals surface area contributed by atoms with Crippen LogP contribution >= 0.6 is 0 Å². The minimum atomic E-state index is -0.251. The first-order valence-corrected chi connectivity index (χ1v) is 7.27. The SMILES string of the molecule is CC(C)N(CC1CCCNC1)C1CC(=O)N(C)C1=O. The van der Waals surface area contributed by atoms with E-state index in [1.165, 1.54) is 17.7 Å². The fourth-order valence-electron chi connectivity index (χ4n) is 3.07. The maximum Gasteiger partial charge on any atom is 0.246 e. The molecule has 0 bridgehead atoms. The highest BCUT2D eigenvalue weighted by Crippen LogP contribution is 2.22. The Morgan fingerprint density at radius 1 is 1.42 bits per heavy atom. The van der Waals surface area contributed by atoms with Crippen molar-refractivity contribution in [3.8, 4) is 0 Å². The van der Waals surface area contributed by atoms with Gasteiger partial charge in [-0.25, -0.2) is 0 Å². The molecule has 5 heteroatoms. The Balaban J connectivity index is 2.03. The zero-order chi connectivity index (χ0) is 14.0. The number of rotatable bonds is 4. The molecule has 0 aromatic rings. The van der Waals surface area contributed by atoms with Crippen LogP contribution in [0.3, 0.4) is 0 Å². The predicted octanol–water partition coefficient (Wildman–Crippen LogP) is 0.454. The average molecular weight is 267 g/mol. The average Bonchev–Trinajstić information content (AvgIpc) is 2.64. The lowest BCUT2D eigenvalue weighted by Crippen LogP contribution is -2.49. The van der Waals surface area contributed by atoms with Gasteiger partial charge >= 0.3 is 0 Å². The van der Waals surface area contributed by atoms with Crippen molar-refractivity contribution in [1.29, 1.82) is 0 Å². The van der Waals surface area contributed by atoms with Crippen molar-refractivity contribution in [3.05, 3.63) is 0 Å². The van der Waals surface area contributed by atoms with E-state index in [0.29, 0.717) is 12.3 Å². The van der Waals surface area contributed by atoms with Gasteiger partial charge in [-0.1, -0.05) is 0 Å². The topological polar surface area (TPSA) is 52.7 Å². The first-order chi connectivity index (χ1) is 9.00. The van der Waals surface area contributed by atoms with Gasteiger partial charge in [-0.15, -0.1) is 0 Å². The van der Waals surface area contributed by atoms with E-state index < -0.39 is 0 Å². The summed E-state index contributed by atoms with van der Waals surface area (Å²) < 4.78 is 0. The van der Waals surface area contributed by atoms with Crippen molar-refractivity contribution in [1.82, 2.24) is 15.1 Å². The lowest BCUT2D eigenvalue weighted by molar-refractivity contribution is -0.138. The Bertz CT molecular complexity index is 351. The summed E-state index contributed by atoms with van der Waals surface area (Å²) in [6.45, 7) is 7.23. The van der Waals surface area contributed by atoms with Gasteiger partial charge in [0.1, 0.15) is 0 Å². The fraction of sp³-hybridized carbons (Fsp3) is 0.857. The van der Waals surface area contributed by atoms with Gasteiger partial charge in [-0.3, -0.25) is 19.4 Å². The molecule has 5 nitrogen and oxygen atoms in total. The molecular formula is C14H25N3O2. The molecule has 2 rings (SSSR count). The highest BCUT2D eigenvalue weighted by molar-refractivity contribution is 6.05. The van der Waals surface area contributed by atoms with Gasteiger partial charge in [0.05, 0.1) is 12.5 Å². The van der Waals surface area contributed by atoms with Crippen molar-refractivity contribution in [2.75, 3.05) is 26.7 Å². The highest BCUT2D eigenvalue weighted by Gasteiger charge is 2.41. The Labute approximate surface area is 115 Å². The number of hydrogen-bond donors (Lipinski definition) is 1. The van der Waals surface area contributed by atoms with Crippen LogP contribution in [0.15, 0.2) is 0 Å². The Kier molecular flexibility index (Phi) is 4.58. The number of nitrogens with zero attached hydrogens (tertiary/aromatic N) is 2. The van der Waals surface area contributed by atoms with Crippen LogP contribution in [0.25, 0.3) is 0 Å². The van der Waals surface area contributed by atoms with Crippen LogP contribution in [-0.2, 0) is 9.59 Å². The van der Waals surface area contributed by atoms with E-state index in [2.05, 4.69) is 24.1 Å². The van der Waals surface area contributed by atoms with Crippen LogP contribution in [0.5, 0.6) is 0 Å². The van der Waals surface area contributed by atoms with Crippen molar-refractivity contribution < 1.29 is 9.59 Å². The van der Waals surface area contributed by atoms with E-state index in [1.54, 1.807) is 7.05 Å². The molecule has 0 aliphatic carbocycles. The van der Waals surface area contributed by atoms with E-state index in [4.69, 9.17) is 0 Å². The van der Waals surface area contributed by atoms with Gasteiger partial charge in [0.15, 0.2) is 0 Å². The van der Waals surface area contributed by atoms with Gasteiger partial charge in [-0.2, -0.15) is 0 Å². The molecule has 0 radical (unpaired) electrons. The van der Waals surface area contributed by atoms with Gasteiger partial charge in [0.2, 0.25) is 11.8 Å². The zero-order valence-electron chi connectivity index (χ0n) is 12.2. The molecule has 2 saturated heterocycles. The first-order valence-electron chi connectivity index (χ1n) is 7.27. The van der Waals surface area contributed by atoms with Crippen molar-refractivity contribution in [2.24, 2.45) is 5.92 Å². The molecule has 108 valence electrons. The second-order valence-electron chi connectivity index (χ2n) is 6.01. The van der Waals surface area contributed by atoms with Gasteiger partial charge < -0.3 is 5.32 Å². The summed E-state index contributed by atoms with van der Waals surface area (Å²) in [5, 5.41) is 3.41. The number of likely N-dealkylation sites (tertiary alicyclic amines) is 1. The van der Waals surface area contributed by atoms with Crippen molar-refractivity contribution in [3.63, 3.8) is 0 Å². The molecule has 2 fully saturated rings. The Morgan fingerprint density at radius 2 is 2.16 bits per heavy atom. The molecule has 19 heavy (non-hydrogen) atoms. The third-order valence-electron chi connectivity index (χ3n) is 4.29. The molecule has 0 aromatic heterocycles. The summed E-state index contributed by atoms with van der Waals surface area (Å²) in [6.07, 6.45) is 2.75. The summed E-state index contributed by atoms with van der Waals surface area (Å²) in [6, 6.07) is 0.0367. The minimum Gasteiger partial charge on any atom is -0.316 e. The molecule has 2 atom stereocenters. The number of amides is 2. The molecular weight excluding hydrogens is 242 g/mol. The Morgan fingerprint density at radius 3 is 2.63 bits per heavy atom. The lowest BCUT2D eigenvalue weighted by Gasteiger charge is -2.35. The summed E-state index contributed by atoms with van der Waals surface area (Å²) in [5.74, 6) is 0.495. The third kappa shape index (κ3) is 3.15. The second kappa shape index (κ2) is 6.01. The molecule has 0 saturated carbocycles. The summed E-state index contributed by atoms with van der Waals surface area (Å²) in [4.78, 5) is 27.3. The van der Waals surface area contributed by atoms with Gasteiger partial charge in [0.25, 0.3) is 0 Å². The summed E-state index contributed by atoms with van der Waals surface area (Å²) in [7, 11) is 1.59. The molecule has 0 aromatic carbocycles. The minimum absolute atomic E-state index is 0.0394. The number of piperidine rings is 1. The molecule has 2 heterocycles. The predicted molar refractivity (Wildman–Crippen MR) is 73.6 cm³/mol. The van der Waals surface area contributed by atoms with E-state index in [-0.39, 0.29) is 23.9 Å². The standard InChI is InChI=1S/C14H25N3O2/c1-10(2)17(9-11-5-4-6-15-8-11)12-7-13(18)16(3)14(12)19/h10-12,15H,4-9H2,1-3H3. The van der Waals surface area contributed by atoms with E-state index in [9.17, 15) is 9.59 Å². The first kappa shape index (κ1) is 14.5. The largest absolute Gasteiger partial charge is 0.316 e. The van der Waals surface area contributed by atoms with Crippen LogP contribution in [0.4, 0.5) is 0 Å². The van der Waals surface area contributed by atoms with Crippen LogP contribution < -0.4 is 5.32 Å². The smallest absolute Gasteiger partial charge is 0.246 e. The van der Waals surface area contributed by atoms with Crippen LogP contribution in [0.1, 0.15) is 33.1 Å². The van der Waals surface area contributed by atoms with Gasteiger partial charge in [-0.05, 0) is 45.7 Å². The molecule has 2 aliphatic heterocycles. The molecule has 0 spiro atoms. The van der Waals surface area contributed by atoms with E-state index in [1.807, 2.05) is 0 Å². The summed E-state index contributed by atoms with van der Waals surface area (Å²) >= 11 is 0. The van der Waals surface area contributed by atoms with Crippen LogP contribution in [0, 0.1) is 5.92 Å². The molecule has 2 amide bonds.